The summed E-state index contributed by atoms with van der Waals surface area (Å²) in [4.78, 5) is 12.8. The minimum absolute atomic E-state index is 0.0341. The molecule has 1 aromatic heterocycles. The summed E-state index contributed by atoms with van der Waals surface area (Å²) in [5.74, 6) is 1.91. The highest BCUT2D eigenvalue weighted by Crippen LogP contribution is 2.34. The standard InChI is InChI=1S/C22H29N3O6S/c1-4-17-12-25(32(27,28)22-14(2)24-31-15(22)3)8-7-18(17)10-21(26)23-11-16-5-6-19-20(9-16)30-13-29-19/h5-6,9,17-18H,4,7-8,10-13H2,1-3H3,(H,23,26)/t17-,18-/m0/s1. The van der Waals surface area contributed by atoms with E-state index in [2.05, 4.69) is 10.5 Å². The van der Waals surface area contributed by atoms with Crippen molar-refractivity contribution in [1.82, 2.24) is 14.8 Å². The zero-order chi connectivity index (χ0) is 22.9. The average molecular weight is 464 g/mol. The van der Waals surface area contributed by atoms with E-state index in [0.717, 1.165) is 12.0 Å². The van der Waals surface area contributed by atoms with Gasteiger partial charge in [0.25, 0.3) is 0 Å². The van der Waals surface area contributed by atoms with E-state index in [1.807, 2.05) is 25.1 Å². The van der Waals surface area contributed by atoms with Gasteiger partial charge in [0.1, 0.15) is 10.6 Å². The smallest absolute Gasteiger partial charge is 0.248 e. The molecule has 1 amide bonds. The summed E-state index contributed by atoms with van der Waals surface area (Å²) >= 11 is 0. The van der Waals surface area contributed by atoms with Crippen molar-refractivity contribution in [3.8, 4) is 11.5 Å². The van der Waals surface area contributed by atoms with E-state index in [0.29, 0.717) is 55.4 Å². The van der Waals surface area contributed by atoms with Crippen molar-refractivity contribution in [2.75, 3.05) is 19.9 Å². The topological polar surface area (TPSA) is 111 Å². The molecule has 1 fully saturated rings. The Labute approximate surface area is 188 Å². The van der Waals surface area contributed by atoms with E-state index >= 15 is 0 Å². The molecule has 2 atom stereocenters. The number of sulfonamides is 1. The van der Waals surface area contributed by atoms with Crippen LogP contribution in [0.1, 0.15) is 43.2 Å². The third-order valence-corrected chi connectivity index (χ3v) is 8.43. The number of hydrogen-bond acceptors (Lipinski definition) is 7. The van der Waals surface area contributed by atoms with Crippen LogP contribution in [0.25, 0.3) is 0 Å². The zero-order valence-corrected chi connectivity index (χ0v) is 19.4. The molecule has 2 aromatic rings. The van der Waals surface area contributed by atoms with Gasteiger partial charge in [0.05, 0.1) is 0 Å². The third-order valence-electron chi connectivity index (χ3n) is 6.32. The molecule has 32 heavy (non-hydrogen) atoms. The highest BCUT2D eigenvalue weighted by atomic mass is 32.2. The molecule has 10 heteroatoms. The molecule has 0 bridgehead atoms. The van der Waals surface area contributed by atoms with Crippen molar-refractivity contribution in [1.29, 1.82) is 0 Å². The van der Waals surface area contributed by atoms with E-state index in [4.69, 9.17) is 14.0 Å². The SMILES string of the molecule is CC[C@H]1CN(S(=O)(=O)c2c(C)noc2C)CC[C@H]1CC(=O)NCc1ccc2c(c1)OCO2. The predicted molar refractivity (Wildman–Crippen MR) is 116 cm³/mol. The minimum Gasteiger partial charge on any atom is -0.454 e. The number of aromatic nitrogens is 1. The number of ether oxygens (including phenoxy) is 2. The van der Waals surface area contributed by atoms with E-state index < -0.39 is 10.0 Å². The van der Waals surface area contributed by atoms with Crippen molar-refractivity contribution >= 4 is 15.9 Å². The van der Waals surface area contributed by atoms with Crippen LogP contribution in [0, 0.1) is 25.7 Å². The molecule has 0 saturated carbocycles. The van der Waals surface area contributed by atoms with Crippen LogP contribution in [-0.2, 0) is 21.4 Å². The maximum Gasteiger partial charge on any atom is 0.248 e. The minimum atomic E-state index is -3.67. The first-order valence-electron chi connectivity index (χ1n) is 10.9. The van der Waals surface area contributed by atoms with Gasteiger partial charge >= 0.3 is 0 Å². The molecule has 4 rings (SSSR count). The highest BCUT2D eigenvalue weighted by molar-refractivity contribution is 7.89. The first-order valence-corrected chi connectivity index (χ1v) is 12.3. The van der Waals surface area contributed by atoms with Crippen LogP contribution in [0.15, 0.2) is 27.6 Å². The fraction of sp³-hybridized carbons (Fsp3) is 0.545. The molecule has 174 valence electrons. The van der Waals surface area contributed by atoms with Gasteiger partial charge in [-0.15, -0.1) is 0 Å². The van der Waals surface area contributed by atoms with E-state index in [9.17, 15) is 13.2 Å². The molecule has 1 N–H and O–H groups in total. The van der Waals surface area contributed by atoms with Crippen LogP contribution in [0.5, 0.6) is 11.5 Å². The summed E-state index contributed by atoms with van der Waals surface area (Å²) in [5, 5.41) is 6.76. The molecule has 0 radical (unpaired) electrons. The summed E-state index contributed by atoms with van der Waals surface area (Å²) in [6, 6.07) is 5.61. The van der Waals surface area contributed by atoms with Crippen molar-refractivity contribution in [2.45, 2.75) is 51.5 Å². The van der Waals surface area contributed by atoms with Gasteiger partial charge in [-0.1, -0.05) is 24.6 Å². The Balaban J connectivity index is 1.35. The van der Waals surface area contributed by atoms with Crippen LogP contribution >= 0.6 is 0 Å². The molecule has 0 unspecified atom stereocenters. The first-order chi connectivity index (χ1) is 15.3. The number of amides is 1. The van der Waals surface area contributed by atoms with Crippen molar-refractivity contribution < 1.29 is 27.2 Å². The normalized spacial score (nSPS) is 21.0. The molecule has 0 aliphatic carbocycles. The fourth-order valence-electron chi connectivity index (χ4n) is 4.53. The Morgan fingerprint density at radius 2 is 2.00 bits per heavy atom. The lowest BCUT2D eigenvalue weighted by molar-refractivity contribution is -0.122. The Bertz CT molecular complexity index is 1080. The molecular formula is C22H29N3O6S. The largest absolute Gasteiger partial charge is 0.454 e. The maximum absolute atomic E-state index is 13.1. The number of benzene rings is 1. The van der Waals surface area contributed by atoms with Gasteiger partial charge in [0.15, 0.2) is 17.3 Å². The summed E-state index contributed by atoms with van der Waals surface area (Å²) in [6.07, 6.45) is 1.81. The zero-order valence-electron chi connectivity index (χ0n) is 18.6. The van der Waals surface area contributed by atoms with Crippen LogP contribution < -0.4 is 14.8 Å². The Kier molecular flexibility index (Phi) is 6.43. The lowest BCUT2D eigenvalue weighted by Crippen LogP contribution is -2.45. The van der Waals surface area contributed by atoms with Gasteiger partial charge in [-0.2, -0.15) is 4.31 Å². The molecule has 9 nitrogen and oxygen atoms in total. The number of hydrogen-bond donors (Lipinski definition) is 1. The third kappa shape index (κ3) is 4.47. The molecule has 2 aliphatic heterocycles. The van der Waals surface area contributed by atoms with Crippen LogP contribution in [0.4, 0.5) is 0 Å². The van der Waals surface area contributed by atoms with Gasteiger partial charge in [-0.05, 0) is 49.8 Å². The highest BCUT2D eigenvalue weighted by Gasteiger charge is 2.38. The summed E-state index contributed by atoms with van der Waals surface area (Å²) in [6.45, 7) is 6.68. The van der Waals surface area contributed by atoms with Gasteiger partial charge in [-0.25, -0.2) is 8.42 Å². The number of carbonyl (C=O) groups is 1. The van der Waals surface area contributed by atoms with Crippen molar-refractivity contribution in [3.63, 3.8) is 0 Å². The number of carbonyl (C=O) groups excluding carboxylic acids is 1. The number of rotatable bonds is 7. The van der Waals surface area contributed by atoms with Crippen LogP contribution in [-0.4, -0.2) is 43.7 Å². The van der Waals surface area contributed by atoms with Crippen molar-refractivity contribution in [2.24, 2.45) is 11.8 Å². The predicted octanol–water partition coefficient (Wildman–Crippen LogP) is 2.76. The molecule has 2 aliphatic rings. The summed E-state index contributed by atoms with van der Waals surface area (Å²) in [5.41, 5.74) is 1.32. The fourth-order valence-corrected chi connectivity index (χ4v) is 6.33. The summed E-state index contributed by atoms with van der Waals surface area (Å²) in [7, 11) is -3.67. The lowest BCUT2D eigenvalue weighted by atomic mass is 9.82. The molecule has 1 saturated heterocycles. The first kappa shape index (κ1) is 22.6. The van der Waals surface area contributed by atoms with Crippen LogP contribution in [0.2, 0.25) is 0 Å². The molecule has 1 aromatic carbocycles. The Hall–Kier alpha value is -2.59. The quantitative estimate of drug-likeness (QED) is 0.672. The molecule has 0 spiro atoms. The van der Waals surface area contributed by atoms with Crippen LogP contribution in [0.3, 0.4) is 0 Å². The van der Waals surface area contributed by atoms with Gasteiger partial charge in [-0.3, -0.25) is 4.79 Å². The van der Waals surface area contributed by atoms with Crippen molar-refractivity contribution in [3.05, 3.63) is 35.2 Å². The average Bonchev–Trinajstić information content (AvgIpc) is 3.37. The number of aryl methyl sites for hydroxylation is 2. The van der Waals surface area contributed by atoms with E-state index in [1.165, 1.54) is 4.31 Å². The van der Waals surface area contributed by atoms with E-state index in [1.54, 1.807) is 13.8 Å². The number of nitrogens with zero attached hydrogens (tertiary/aromatic N) is 2. The maximum atomic E-state index is 13.1. The second-order valence-corrected chi connectivity index (χ2v) is 10.3. The Morgan fingerprint density at radius 1 is 1.22 bits per heavy atom. The molecular weight excluding hydrogens is 434 g/mol. The van der Waals surface area contributed by atoms with Gasteiger partial charge in [0.2, 0.25) is 22.7 Å². The second kappa shape index (κ2) is 9.11. The number of fused-ring (bicyclic) bond motifs is 1. The Morgan fingerprint density at radius 3 is 2.72 bits per heavy atom. The summed E-state index contributed by atoms with van der Waals surface area (Å²) < 4.78 is 43.6. The van der Waals surface area contributed by atoms with Gasteiger partial charge in [0, 0.05) is 26.1 Å². The lowest BCUT2D eigenvalue weighted by Gasteiger charge is -2.37. The second-order valence-electron chi connectivity index (χ2n) is 8.40. The van der Waals surface area contributed by atoms with E-state index in [-0.39, 0.29) is 29.4 Å². The molecule has 3 heterocycles. The monoisotopic (exact) mass is 463 g/mol. The van der Waals surface area contributed by atoms with Gasteiger partial charge < -0.3 is 19.3 Å². The number of piperidine rings is 1. The number of nitrogens with one attached hydrogen (secondary N) is 1.